The maximum atomic E-state index is 5.45. The fourth-order valence-electron chi connectivity index (χ4n) is 0.663. The minimum Gasteiger partial charge on any atom is -0.314 e. The molecule has 1 aromatic carbocycles. The summed E-state index contributed by atoms with van der Waals surface area (Å²) in [5.41, 5.74) is 1.03. The third kappa shape index (κ3) is 3.63. The first-order valence-electron chi connectivity index (χ1n) is 3.84. The molecule has 1 aromatic rings. The van der Waals surface area contributed by atoms with Crippen LogP contribution < -0.4 is 10.9 Å². The Balaban J connectivity index is 0.000000461. The zero-order valence-electron chi connectivity index (χ0n) is 7.41. The number of nitrogens with two attached hydrogens (primary N) is 1. The molecule has 0 amide bonds. The van der Waals surface area contributed by atoms with E-state index in [2.05, 4.69) is 0 Å². The molecule has 0 saturated heterocycles. The second kappa shape index (κ2) is 5.74. The fourth-order valence-corrected chi connectivity index (χ4v) is 0.663. The van der Waals surface area contributed by atoms with Gasteiger partial charge in [-0.1, -0.05) is 32.0 Å². The zero-order valence-corrected chi connectivity index (χ0v) is 7.41. The number of hydrogen-bond acceptors (Lipinski definition) is 2. The molecule has 11 heavy (non-hydrogen) atoms. The predicted octanol–water partition coefficient (Wildman–Crippen LogP) is 2.02. The quantitative estimate of drug-likeness (QED) is 0.493. The van der Waals surface area contributed by atoms with Gasteiger partial charge in [0.25, 0.3) is 0 Å². The molecule has 0 atom stereocenters. The minimum atomic E-state index is 1.03. The highest BCUT2D eigenvalue weighted by Crippen LogP contribution is 2.05. The zero-order chi connectivity index (χ0) is 8.69. The molecule has 0 fully saturated rings. The highest BCUT2D eigenvalue weighted by atomic mass is 15.4. The Morgan fingerprint density at radius 3 is 1.82 bits per heavy atom. The van der Waals surface area contributed by atoms with Gasteiger partial charge in [0.05, 0.1) is 5.69 Å². The number of rotatable bonds is 1. The van der Waals surface area contributed by atoms with Crippen molar-refractivity contribution in [2.75, 3.05) is 12.1 Å². The average molecular weight is 152 g/mol. The van der Waals surface area contributed by atoms with Gasteiger partial charge in [-0.2, -0.15) is 0 Å². The molecule has 0 bridgehead atoms. The Labute approximate surface area is 68.6 Å². The summed E-state index contributed by atoms with van der Waals surface area (Å²) in [6.45, 7) is 4.00. The van der Waals surface area contributed by atoms with Crippen LogP contribution in [0.15, 0.2) is 30.3 Å². The van der Waals surface area contributed by atoms with Crippen molar-refractivity contribution in [3.05, 3.63) is 30.3 Å². The van der Waals surface area contributed by atoms with Gasteiger partial charge in [0.2, 0.25) is 0 Å². The summed E-state index contributed by atoms with van der Waals surface area (Å²) < 4.78 is 0. The topological polar surface area (TPSA) is 29.3 Å². The molecule has 62 valence electrons. The third-order valence-electron chi connectivity index (χ3n) is 1.16. The lowest BCUT2D eigenvalue weighted by atomic mass is 10.3. The molecule has 2 nitrogen and oxygen atoms in total. The van der Waals surface area contributed by atoms with Crippen LogP contribution in [-0.4, -0.2) is 7.05 Å². The van der Waals surface area contributed by atoms with Crippen LogP contribution in [0.1, 0.15) is 13.8 Å². The van der Waals surface area contributed by atoms with Gasteiger partial charge in [0.1, 0.15) is 0 Å². The van der Waals surface area contributed by atoms with Crippen LogP contribution in [-0.2, 0) is 0 Å². The minimum absolute atomic E-state index is 1.03. The van der Waals surface area contributed by atoms with E-state index in [-0.39, 0.29) is 0 Å². The van der Waals surface area contributed by atoms with E-state index in [1.165, 1.54) is 0 Å². The van der Waals surface area contributed by atoms with Crippen molar-refractivity contribution >= 4 is 5.69 Å². The van der Waals surface area contributed by atoms with E-state index in [1.54, 1.807) is 5.01 Å². The monoisotopic (exact) mass is 152 g/mol. The molecule has 0 aliphatic rings. The van der Waals surface area contributed by atoms with E-state index in [4.69, 9.17) is 5.84 Å². The van der Waals surface area contributed by atoms with Gasteiger partial charge in [-0.15, -0.1) is 0 Å². The van der Waals surface area contributed by atoms with Crippen LogP contribution >= 0.6 is 0 Å². The van der Waals surface area contributed by atoms with Crippen molar-refractivity contribution in [1.29, 1.82) is 0 Å². The van der Waals surface area contributed by atoms with E-state index >= 15 is 0 Å². The lowest BCUT2D eigenvalue weighted by Gasteiger charge is -2.09. The Hall–Kier alpha value is -1.02. The van der Waals surface area contributed by atoms with Gasteiger partial charge < -0.3 is 5.01 Å². The molecule has 0 spiro atoms. The Morgan fingerprint density at radius 2 is 1.55 bits per heavy atom. The smallest absolute Gasteiger partial charge is 0.0513 e. The molecule has 0 unspecified atom stereocenters. The summed E-state index contributed by atoms with van der Waals surface area (Å²) >= 11 is 0. The second-order valence-corrected chi connectivity index (χ2v) is 1.95. The molecular formula is C9H16N2. The van der Waals surface area contributed by atoms with E-state index in [9.17, 15) is 0 Å². The summed E-state index contributed by atoms with van der Waals surface area (Å²) in [6.07, 6.45) is 0. The first-order chi connectivity index (χ1) is 5.30. The highest BCUT2D eigenvalue weighted by molar-refractivity contribution is 5.42. The van der Waals surface area contributed by atoms with Gasteiger partial charge in [0.15, 0.2) is 0 Å². The van der Waals surface area contributed by atoms with Gasteiger partial charge in [-0.3, -0.25) is 0 Å². The normalized spacial score (nSPS) is 8.00. The van der Waals surface area contributed by atoms with Crippen molar-refractivity contribution in [3.63, 3.8) is 0 Å². The van der Waals surface area contributed by atoms with Gasteiger partial charge in [-0.25, -0.2) is 5.84 Å². The van der Waals surface area contributed by atoms with Gasteiger partial charge >= 0.3 is 0 Å². The molecule has 0 radical (unpaired) electrons. The molecule has 0 saturated carbocycles. The standard InChI is InChI=1S/C7H10N2.C2H6/c1-9(8)7-5-3-2-4-6-7;1-2/h2-6H,8H2,1H3;1-2H3. The fraction of sp³-hybridized carbons (Fsp3) is 0.333. The van der Waals surface area contributed by atoms with Crippen molar-refractivity contribution in [3.8, 4) is 0 Å². The van der Waals surface area contributed by atoms with Crippen LogP contribution in [0.2, 0.25) is 0 Å². The molecule has 0 heterocycles. The average Bonchev–Trinajstić information content (AvgIpc) is 2.10. The summed E-state index contributed by atoms with van der Waals surface area (Å²) in [6, 6.07) is 9.80. The molecule has 0 aromatic heterocycles. The van der Waals surface area contributed by atoms with E-state index in [0.29, 0.717) is 0 Å². The van der Waals surface area contributed by atoms with E-state index in [1.807, 2.05) is 51.2 Å². The Kier molecular flexibility index (Phi) is 5.21. The molecule has 2 N–H and O–H groups in total. The largest absolute Gasteiger partial charge is 0.314 e. The van der Waals surface area contributed by atoms with Crippen LogP contribution in [0.4, 0.5) is 5.69 Å². The number of hydrazine groups is 1. The molecule has 2 heteroatoms. The molecular weight excluding hydrogens is 136 g/mol. The number of benzene rings is 1. The first-order valence-corrected chi connectivity index (χ1v) is 3.84. The van der Waals surface area contributed by atoms with E-state index in [0.717, 1.165) is 5.69 Å². The van der Waals surface area contributed by atoms with Crippen molar-refractivity contribution in [1.82, 2.24) is 0 Å². The van der Waals surface area contributed by atoms with Crippen molar-refractivity contribution in [2.24, 2.45) is 5.84 Å². The predicted molar refractivity (Wildman–Crippen MR) is 50.4 cm³/mol. The summed E-state index contributed by atoms with van der Waals surface area (Å²) in [5.74, 6) is 5.45. The lowest BCUT2D eigenvalue weighted by molar-refractivity contribution is 1.02. The Morgan fingerprint density at radius 1 is 1.09 bits per heavy atom. The maximum Gasteiger partial charge on any atom is 0.0513 e. The maximum absolute atomic E-state index is 5.45. The number of para-hydroxylation sites is 1. The SMILES string of the molecule is CC.CN(N)c1ccccc1. The number of nitrogens with zero attached hydrogens (tertiary/aromatic N) is 1. The Bertz CT molecular complexity index is 170. The lowest BCUT2D eigenvalue weighted by Crippen LogP contribution is -2.24. The second-order valence-electron chi connectivity index (χ2n) is 1.95. The van der Waals surface area contributed by atoms with E-state index < -0.39 is 0 Å². The molecule has 0 aliphatic carbocycles. The van der Waals surface area contributed by atoms with Gasteiger partial charge in [-0.05, 0) is 12.1 Å². The highest BCUT2D eigenvalue weighted by Gasteiger charge is 1.88. The van der Waals surface area contributed by atoms with Gasteiger partial charge in [0, 0.05) is 7.05 Å². The third-order valence-corrected chi connectivity index (χ3v) is 1.16. The number of anilines is 1. The molecule has 1 rings (SSSR count). The van der Waals surface area contributed by atoms with Crippen molar-refractivity contribution < 1.29 is 0 Å². The summed E-state index contributed by atoms with van der Waals surface area (Å²) in [7, 11) is 1.81. The van der Waals surface area contributed by atoms with Crippen LogP contribution in [0.5, 0.6) is 0 Å². The summed E-state index contributed by atoms with van der Waals surface area (Å²) in [4.78, 5) is 0. The van der Waals surface area contributed by atoms with Crippen LogP contribution in [0.3, 0.4) is 0 Å². The van der Waals surface area contributed by atoms with Crippen LogP contribution in [0, 0.1) is 0 Å². The molecule has 0 aliphatic heterocycles. The van der Waals surface area contributed by atoms with Crippen molar-refractivity contribution in [2.45, 2.75) is 13.8 Å². The summed E-state index contributed by atoms with van der Waals surface area (Å²) in [5, 5.41) is 1.58. The van der Waals surface area contributed by atoms with Crippen LogP contribution in [0.25, 0.3) is 0 Å². The first kappa shape index (κ1) is 9.98. The number of hydrogen-bond donors (Lipinski definition) is 1.